The first-order valence-corrected chi connectivity index (χ1v) is 5.67. The van der Waals surface area contributed by atoms with Gasteiger partial charge in [-0.1, -0.05) is 5.16 Å². The lowest BCUT2D eigenvalue weighted by Crippen LogP contribution is -2.24. The van der Waals surface area contributed by atoms with Crippen molar-refractivity contribution in [1.82, 2.24) is 20.1 Å². The number of hydrogen-bond acceptors (Lipinski definition) is 6. The Bertz CT molecular complexity index is 498. The second-order valence-electron chi connectivity index (χ2n) is 4.09. The Labute approximate surface area is 98.7 Å². The summed E-state index contributed by atoms with van der Waals surface area (Å²) in [4.78, 5) is 14.7. The summed E-state index contributed by atoms with van der Waals surface area (Å²) in [7, 11) is 0. The third-order valence-electron chi connectivity index (χ3n) is 2.95. The Morgan fingerprint density at radius 2 is 2.41 bits per heavy atom. The highest BCUT2D eigenvalue weighted by molar-refractivity contribution is 5.40. The van der Waals surface area contributed by atoms with Crippen molar-refractivity contribution in [1.29, 1.82) is 0 Å². The van der Waals surface area contributed by atoms with Gasteiger partial charge in [-0.25, -0.2) is 9.97 Å². The Hall–Kier alpha value is -1.98. The predicted molar refractivity (Wildman–Crippen MR) is 60.4 cm³/mol. The molecule has 6 nitrogen and oxygen atoms in total. The van der Waals surface area contributed by atoms with Crippen LogP contribution in [0.4, 0.5) is 5.82 Å². The van der Waals surface area contributed by atoms with Crippen molar-refractivity contribution in [3.63, 3.8) is 0 Å². The molecular formula is C11H13N5O. The number of anilines is 1. The highest BCUT2D eigenvalue weighted by Gasteiger charge is 2.30. The van der Waals surface area contributed by atoms with Crippen LogP contribution in [0.1, 0.15) is 30.6 Å². The largest absolute Gasteiger partial charge is 0.346 e. The van der Waals surface area contributed by atoms with Crippen molar-refractivity contribution in [3.8, 4) is 0 Å². The molecule has 0 amide bonds. The van der Waals surface area contributed by atoms with E-state index in [1.807, 2.05) is 6.07 Å². The van der Waals surface area contributed by atoms with Gasteiger partial charge in [-0.05, 0) is 18.9 Å². The van der Waals surface area contributed by atoms with Crippen LogP contribution in [0.3, 0.4) is 0 Å². The lowest BCUT2D eigenvalue weighted by Gasteiger charge is -2.22. The normalized spacial score (nSPS) is 19.8. The van der Waals surface area contributed by atoms with E-state index in [1.165, 1.54) is 0 Å². The van der Waals surface area contributed by atoms with Crippen LogP contribution >= 0.6 is 0 Å². The molecule has 0 N–H and O–H groups in total. The maximum Gasteiger partial charge on any atom is 0.223 e. The van der Waals surface area contributed by atoms with Crippen LogP contribution in [0.2, 0.25) is 0 Å². The van der Waals surface area contributed by atoms with E-state index in [9.17, 15) is 0 Å². The summed E-state index contributed by atoms with van der Waals surface area (Å²) in [5.74, 6) is 2.28. The molecule has 0 aromatic carbocycles. The van der Waals surface area contributed by atoms with E-state index in [1.54, 1.807) is 19.4 Å². The summed E-state index contributed by atoms with van der Waals surface area (Å²) in [5.41, 5.74) is 0. The second kappa shape index (κ2) is 4.12. The van der Waals surface area contributed by atoms with Gasteiger partial charge >= 0.3 is 0 Å². The molecule has 1 fully saturated rings. The van der Waals surface area contributed by atoms with E-state index in [2.05, 4.69) is 25.0 Å². The number of nitrogens with zero attached hydrogens (tertiary/aromatic N) is 5. The minimum atomic E-state index is 0.169. The maximum atomic E-state index is 5.04. The first kappa shape index (κ1) is 10.2. The SMILES string of the molecule is Cc1nc([C@@H]2CCCN2c2ccncn2)no1. The Balaban J connectivity index is 1.90. The third kappa shape index (κ3) is 1.86. The molecule has 0 aliphatic carbocycles. The molecule has 1 aliphatic rings. The summed E-state index contributed by atoms with van der Waals surface area (Å²) in [6, 6.07) is 2.08. The average molecular weight is 231 g/mol. The Kier molecular flexibility index (Phi) is 2.47. The van der Waals surface area contributed by atoms with Crippen molar-refractivity contribution in [2.75, 3.05) is 11.4 Å². The monoisotopic (exact) mass is 231 g/mol. The molecule has 6 heteroatoms. The molecule has 17 heavy (non-hydrogen) atoms. The lowest BCUT2D eigenvalue weighted by atomic mass is 10.2. The molecule has 0 spiro atoms. The smallest absolute Gasteiger partial charge is 0.223 e. The second-order valence-corrected chi connectivity index (χ2v) is 4.09. The van der Waals surface area contributed by atoms with E-state index < -0.39 is 0 Å². The van der Waals surface area contributed by atoms with Crippen LogP contribution in [0.25, 0.3) is 0 Å². The zero-order chi connectivity index (χ0) is 11.7. The zero-order valence-electron chi connectivity index (χ0n) is 9.58. The van der Waals surface area contributed by atoms with E-state index >= 15 is 0 Å². The molecule has 1 aliphatic heterocycles. The van der Waals surface area contributed by atoms with E-state index in [0.717, 1.165) is 31.0 Å². The fraction of sp³-hybridized carbons (Fsp3) is 0.455. The summed E-state index contributed by atoms with van der Waals surface area (Å²) < 4.78 is 5.04. The summed E-state index contributed by atoms with van der Waals surface area (Å²) in [5, 5.41) is 4.00. The van der Waals surface area contributed by atoms with Crippen molar-refractivity contribution in [3.05, 3.63) is 30.3 Å². The van der Waals surface area contributed by atoms with Crippen LogP contribution in [0.5, 0.6) is 0 Å². The third-order valence-corrected chi connectivity index (χ3v) is 2.95. The van der Waals surface area contributed by atoms with Gasteiger partial charge in [-0.2, -0.15) is 4.98 Å². The Morgan fingerprint density at radius 3 is 3.12 bits per heavy atom. The first-order chi connectivity index (χ1) is 8.34. The van der Waals surface area contributed by atoms with Gasteiger partial charge in [0.1, 0.15) is 12.1 Å². The quantitative estimate of drug-likeness (QED) is 0.780. The van der Waals surface area contributed by atoms with Crippen molar-refractivity contribution in [2.24, 2.45) is 0 Å². The molecule has 0 radical (unpaired) electrons. The van der Waals surface area contributed by atoms with Gasteiger partial charge in [-0.15, -0.1) is 0 Å². The van der Waals surface area contributed by atoms with Gasteiger partial charge in [-0.3, -0.25) is 0 Å². The molecule has 88 valence electrons. The fourth-order valence-corrected chi connectivity index (χ4v) is 2.21. The molecule has 0 saturated carbocycles. The summed E-state index contributed by atoms with van der Waals surface area (Å²) >= 11 is 0. The maximum absolute atomic E-state index is 5.04. The van der Waals surface area contributed by atoms with E-state index in [-0.39, 0.29) is 6.04 Å². The van der Waals surface area contributed by atoms with Gasteiger partial charge in [0.2, 0.25) is 5.89 Å². The van der Waals surface area contributed by atoms with Crippen LogP contribution in [0.15, 0.2) is 23.1 Å². The number of rotatable bonds is 2. The Morgan fingerprint density at radius 1 is 1.47 bits per heavy atom. The van der Waals surface area contributed by atoms with E-state index in [4.69, 9.17) is 4.52 Å². The first-order valence-electron chi connectivity index (χ1n) is 5.67. The predicted octanol–water partition coefficient (Wildman–Crippen LogP) is 1.51. The van der Waals surface area contributed by atoms with Gasteiger partial charge in [0.15, 0.2) is 5.82 Å². The van der Waals surface area contributed by atoms with E-state index in [0.29, 0.717) is 5.89 Å². The lowest BCUT2D eigenvalue weighted by molar-refractivity contribution is 0.383. The van der Waals surface area contributed by atoms with Crippen LogP contribution < -0.4 is 4.90 Å². The molecular weight excluding hydrogens is 218 g/mol. The molecule has 2 aromatic rings. The van der Waals surface area contributed by atoms with Crippen LogP contribution in [-0.4, -0.2) is 26.7 Å². The molecule has 1 atom stereocenters. The van der Waals surface area contributed by atoms with Crippen LogP contribution in [-0.2, 0) is 0 Å². The zero-order valence-corrected chi connectivity index (χ0v) is 9.58. The number of aryl methyl sites for hydroxylation is 1. The summed E-state index contributed by atoms with van der Waals surface area (Å²) in [6.45, 7) is 2.77. The molecule has 3 heterocycles. The van der Waals surface area contributed by atoms with Crippen molar-refractivity contribution >= 4 is 5.82 Å². The van der Waals surface area contributed by atoms with Crippen molar-refractivity contribution in [2.45, 2.75) is 25.8 Å². The molecule has 1 saturated heterocycles. The molecule has 0 bridgehead atoms. The van der Waals surface area contributed by atoms with Gasteiger partial charge in [0.25, 0.3) is 0 Å². The average Bonchev–Trinajstić information content (AvgIpc) is 2.98. The minimum absolute atomic E-state index is 0.169. The summed E-state index contributed by atoms with van der Waals surface area (Å²) in [6.07, 6.45) is 5.45. The van der Waals surface area contributed by atoms with Gasteiger partial charge < -0.3 is 9.42 Å². The van der Waals surface area contributed by atoms with Gasteiger partial charge in [0.05, 0.1) is 6.04 Å². The minimum Gasteiger partial charge on any atom is -0.346 e. The highest BCUT2D eigenvalue weighted by atomic mass is 16.5. The van der Waals surface area contributed by atoms with Crippen LogP contribution in [0, 0.1) is 6.92 Å². The fourth-order valence-electron chi connectivity index (χ4n) is 2.21. The highest BCUT2D eigenvalue weighted by Crippen LogP contribution is 2.33. The van der Waals surface area contributed by atoms with Crippen molar-refractivity contribution < 1.29 is 4.52 Å². The van der Waals surface area contributed by atoms with Gasteiger partial charge in [0, 0.05) is 19.7 Å². The standard InChI is InChI=1S/C11H13N5O/c1-8-14-11(15-17-8)9-3-2-6-16(9)10-4-5-12-7-13-10/h4-5,7,9H,2-3,6H2,1H3/t9-/m0/s1. The molecule has 2 aromatic heterocycles. The molecule has 3 rings (SSSR count). The topological polar surface area (TPSA) is 67.9 Å². The number of aromatic nitrogens is 4. The number of hydrogen-bond donors (Lipinski definition) is 0. The molecule has 0 unspecified atom stereocenters.